The normalized spacial score (nSPS) is 12.1. The Hall–Kier alpha value is -3.61. The second kappa shape index (κ2) is 8.39. The van der Waals surface area contributed by atoms with E-state index in [4.69, 9.17) is 14.2 Å². The average molecular weight is 380 g/mol. The van der Waals surface area contributed by atoms with E-state index >= 15 is 0 Å². The van der Waals surface area contributed by atoms with Gasteiger partial charge in [0, 0.05) is 11.6 Å². The van der Waals surface area contributed by atoms with Gasteiger partial charge in [-0.1, -0.05) is 24.3 Å². The van der Waals surface area contributed by atoms with Crippen LogP contribution in [-0.4, -0.2) is 30.2 Å². The summed E-state index contributed by atoms with van der Waals surface area (Å²) in [6, 6.07) is 12.3. The molecule has 1 aromatic heterocycles. The van der Waals surface area contributed by atoms with Crippen LogP contribution in [0.2, 0.25) is 0 Å². The number of hydrogen-bond donors (Lipinski definition) is 1. The Kier molecular flexibility index (Phi) is 5.74. The summed E-state index contributed by atoms with van der Waals surface area (Å²) in [5.41, 5.74) is 0.935. The number of rotatable bonds is 6. The summed E-state index contributed by atoms with van der Waals surface area (Å²) >= 11 is 0. The van der Waals surface area contributed by atoms with Crippen LogP contribution in [0.5, 0.6) is 11.5 Å². The lowest BCUT2D eigenvalue weighted by molar-refractivity contribution is -0.142. The van der Waals surface area contributed by atoms with Crippen LogP contribution in [0.1, 0.15) is 24.4 Å². The molecule has 0 aliphatic heterocycles. The van der Waals surface area contributed by atoms with Crippen LogP contribution in [0.15, 0.2) is 53.3 Å². The van der Waals surface area contributed by atoms with Crippen LogP contribution < -0.4 is 15.0 Å². The number of carbonyl (C=O) groups excluding carboxylic acids is 1. The minimum Gasteiger partial charge on any atom is -0.493 e. The summed E-state index contributed by atoms with van der Waals surface area (Å²) in [7, 11) is 3.07. The first-order valence-corrected chi connectivity index (χ1v) is 8.62. The molecule has 0 unspecified atom stereocenters. The fourth-order valence-corrected chi connectivity index (χ4v) is 2.77. The van der Waals surface area contributed by atoms with Gasteiger partial charge in [-0.05, 0) is 31.2 Å². The Labute approximate surface area is 161 Å². The van der Waals surface area contributed by atoms with E-state index < -0.39 is 12.1 Å². The molecule has 7 heteroatoms. The Morgan fingerprint density at radius 1 is 1.11 bits per heavy atom. The summed E-state index contributed by atoms with van der Waals surface area (Å²) in [4.78, 5) is 31.4. The number of ether oxygens (including phenoxy) is 3. The van der Waals surface area contributed by atoms with Crippen LogP contribution >= 0.6 is 0 Å². The van der Waals surface area contributed by atoms with Gasteiger partial charge in [0.25, 0.3) is 5.56 Å². The van der Waals surface area contributed by atoms with Crippen molar-refractivity contribution in [3.63, 3.8) is 0 Å². The molecule has 0 aliphatic carbocycles. The van der Waals surface area contributed by atoms with Gasteiger partial charge in [0.2, 0.25) is 0 Å². The van der Waals surface area contributed by atoms with Crippen molar-refractivity contribution in [1.29, 1.82) is 0 Å². The average Bonchev–Trinajstić information content (AvgIpc) is 2.71. The maximum Gasteiger partial charge on any atom is 0.331 e. The number of esters is 1. The SMILES string of the molecule is COc1cccc(/C=C/C(=O)O[C@@H](C)c2nc3ccccc3c(=O)[nH]2)c1OC. The van der Waals surface area contributed by atoms with Crippen molar-refractivity contribution in [3.8, 4) is 11.5 Å². The lowest BCUT2D eigenvalue weighted by Crippen LogP contribution is -2.16. The van der Waals surface area contributed by atoms with E-state index in [0.717, 1.165) is 0 Å². The van der Waals surface area contributed by atoms with Crippen molar-refractivity contribution in [2.45, 2.75) is 13.0 Å². The van der Waals surface area contributed by atoms with Gasteiger partial charge in [0.1, 0.15) is 0 Å². The molecule has 0 saturated carbocycles. The zero-order chi connectivity index (χ0) is 20.1. The minimum absolute atomic E-state index is 0.278. The zero-order valence-corrected chi connectivity index (χ0v) is 15.8. The number of fused-ring (bicyclic) bond motifs is 1. The van der Waals surface area contributed by atoms with Crippen LogP contribution in [0, 0.1) is 0 Å². The maximum atomic E-state index is 12.2. The fraction of sp³-hybridized carbons (Fsp3) is 0.190. The number of carbonyl (C=O) groups is 1. The highest BCUT2D eigenvalue weighted by molar-refractivity contribution is 5.88. The summed E-state index contributed by atoms with van der Waals surface area (Å²) in [6.07, 6.45) is 2.14. The number of aromatic amines is 1. The van der Waals surface area contributed by atoms with E-state index in [-0.39, 0.29) is 11.4 Å². The van der Waals surface area contributed by atoms with Crippen molar-refractivity contribution in [2.24, 2.45) is 0 Å². The standard InChI is InChI=1S/C21H20N2O5/c1-13(20-22-16-9-5-4-8-15(16)21(25)23-20)28-18(24)12-11-14-7-6-10-17(26-2)19(14)27-3/h4-13H,1-3H3,(H,22,23,25)/b12-11+/t13-/m0/s1. The van der Waals surface area contributed by atoms with Crippen molar-refractivity contribution in [2.75, 3.05) is 14.2 Å². The van der Waals surface area contributed by atoms with E-state index in [0.29, 0.717) is 28.0 Å². The van der Waals surface area contributed by atoms with Gasteiger partial charge >= 0.3 is 5.97 Å². The second-order valence-electron chi connectivity index (χ2n) is 5.96. The summed E-state index contributed by atoms with van der Waals surface area (Å²) in [5, 5.41) is 0.481. The molecule has 0 bridgehead atoms. The van der Waals surface area contributed by atoms with Crippen molar-refractivity contribution in [3.05, 3.63) is 70.3 Å². The molecule has 0 saturated heterocycles. The minimum atomic E-state index is -0.721. The van der Waals surface area contributed by atoms with Gasteiger partial charge in [-0.25, -0.2) is 9.78 Å². The lowest BCUT2D eigenvalue weighted by Gasteiger charge is -2.12. The van der Waals surface area contributed by atoms with Gasteiger partial charge in [-0.3, -0.25) is 4.79 Å². The van der Waals surface area contributed by atoms with Gasteiger partial charge in [-0.15, -0.1) is 0 Å². The number of H-pyrrole nitrogens is 1. The Balaban J connectivity index is 1.77. The van der Waals surface area contributed by atoms with Gasteiger partial charge in [-0.2, -0.15) is 0 Å². The lowest BCUT2D eigenvalue weighted by atomic mass is 10.1. The first-order valence-electron chi connectivity index (χ1n) is 8.62. The molecule has 3 rings (SSSR count). The van der Waals surface area contributed by atoms with Crippen molar-refractivity contribution in [1.82, 2.24) is 9.97 Å². The summed E-state index contributed by atoms with van der Waals surface area (Å²) in [6.45, 7) is 1.64. The first-order chi connectivity index (χ1) is 13.5. The predicted octanol–water partition coefficient (Wildman–Crippen LogP) is 3.26. The number of nitrogens with one attached hydrogen (secondary N) is 1. The Bertz CT molecular complexity index is 1090. The Morgan fingerprint density at radius 2 is 1.89 bits per heavy atom. The van der Waals surface area contributed by atoms with E-state index in [9.17, 15) is 9.59 Å². The third-order valence-corrected chi connectivity index (χ3v) is 4.14. The molecule has 0 radical (unpaired) electrons. The molecule has 7 nitrogen and oxygen atoms in total. The summed E-state index contributed by atoms with van der Waals surface area (Å²) in [5.74, 6) is 0.782. The third kappa shape index (κ3) is 4.03. The van der Waals surface area contributed by atoms with E-state index in [1.165, 1.54) is 13.2 Å². The molecule has 1 heterocycles. The highest BCUT2D eigenvalue weighted by atomic mass is 16.5. The first kappa shape index (κ1) is 19.2. The zero-order valence-electron chi connectivity index (χ0n) is 15.8. The molecule has 0 spiro atoms. The molecule has 0 fully saturated rings. The monoisotopic (exact) mass is 380 g/mol. The van der Waals surface area contributed by atoms with E-state index in [2.05, 4.69) is 9.97 Å². The smallest absolute Gasteiger partial charge is 0.331 e. The quantitative estimate of drug-likeness (QED) is 0.521. The fourth-order valence-electron chi connectivity index (χ4n) is 2.77. The number of hydrogen-bond acceptors (Lipinski definition) is 6. The number of methoxy groups -OCH3 is 2. The second-order valence-corrected chi connectivity index (χ2v) is 5.96. The molecular weight excluding hydrogens is 360 g/mol. The molecule has 1 atom stereocenters. The van der Waals surface area contributed by atoms with Crippen LogP contribution in [0.25, 0.3) is 17.0 Å². The van der Waals surface area contributed by atoms with Gasteiger partial charge < -0.3 is 19.2 Å². The van der Waals surface area contributed by atoms with Crippen molar-refractivity contribution >= 4 is 22.9 Å². The molecule has 0 aliphatic rings. The number of benzene rings is 2. The topological polar surface area (TPSA) is 90.5 Å². The number of para-hydroxylation sites is 2. The number of nitrogens with zero attached hydrogens (tertiary/aromatic N) is 1. The highest BCUT2D eigenvalue weighted by Gasteiger charge is 2.14. The largest absolute Gasteiger partial charge is 0.493 e. The van der Waals surface area contributed by atoms with Gasteiger partial charge in [0.05, 0.1) is 25.1 Å². The molecule has 2 aromatic carbocycles. The number of aromatic nitrogens is 2. The maximum absolute atomic E-state index is 12.2. The van der Waals surface area contributed by atoms with Crippen molar-refractivity contribution < 1.29 is 19.0 Å². The van der Waals surface area contributed by atoms with Crippen LogP contribution in [0.3, 0.4) is 0 Å². The van der Waals surface area contributed by atoms with E-state index in [1.807, 2.05) is 0 Å². The summed E-state index contributed by atoms with van der Waals surface area (Å²) < 4.78 is 15.9. The van der Waals surface area contributed by atoms with Gasteiger partial charge in [0.15, 0.2) is 23.4 Å². The van der Waals surface area contributed by atoms with E-state index in [1.54, 1.807) is 62.6 Å². The van der Waals surface area contributed by atoms with Crippen LogP contribution in [-0.2, 0) is 9.53 Å². The predicted molar refractivity (Wildman–Crippen MR) is 105 cm³/mol. The third-order valence-electron chi connectivity index (χ3n) is 4.14. The molecule has 144 valence electrons. The highest BCUT2D eigenvalue weighted by Crippen LogP contribution is 2.31. The molecule has 28 heavy (non-hydrogen) atoms. The Morgan fingerprint density at radius 3 is 2.64 bits per heavy atom. The molecular formula is C21H20N2O5. The molecule has 3 aromatic rings. The van der Waals surface area contributed by atoms with Crippen LogP contribution in [0.4, 0.5) is 0 Å². The molecule has 0 amide bonds. The molecule has 1 N–H and O–H groups in total.